The van der Waals surface area contributed by atoms with Gasteiger partial charge in [0.15, 0.2) is 0 Å². The highest BCUT2D eigenvalue weighted by atomic mass is 32.1. The molecule has 1 atom stereocenters. The van der Waals surface area contributed by atoms with E-state index >= 15 is 0 Å². The topological polar surface area (TPSA) is 82.5 Å². The van der Waals surface area contributed by atoms with Crippen molar-refractivity contribution in [2.75, 3.05) is 14.1 Å². The molecule has 0 spiro atoms. The molecule has 1 aromatic heterocycles. The lowest BCUT2D eigenvalue weighted by atomic mass is 10.1. The predicted octanol–water partition coefficient (Wildman–Crippen LogP) is 0.410. The van der Waals surface area contributed by atoms with Gasteiger partial charge in [0.1, 0.15) is 6.04 Å². The van der Waals surface area contributed by atoms with Crippen LogP contribution >= 0.6 is 11.3 Å². The molecule has 0 radical (unpaired) electrons. The number of nitrogens with zero attached hydrogens (tertiary/aromatic N) is 2. The Hall–Kier alpha value is -1.63. The molecule has 0 bridgehead atoms. The van der Waals surface area contributed by atoms with Crippen molar-refractivity contribution in [3.63, 3.8) is 0 Å². The molecular weight excluding hydrogens is 230 g/mol. The van der Waals surface area contributed by atoms with E-state index in [-0.39, 0.29) is 12.3 Å². The van der Waals surface area contributed by atoms with Crippen LogP contribution in [0.3, 0.4) is 0 Å². The van der Waals surface area contributed by atoms with Crippen LogP contribution in [0.2, 0.25) is 0 Å². The second-order valence-corrected chi connectivity index (χ2v) is 4.14. The SMILES string of the molecule is CN(C)C(=O)[C@H](Cc1cscn1)NC(=O)O. The third-order valence-electron chi connectivity index (χ3n) is 1.93. The van der Waals surface area contributed by atoms with E-state index in [4.69, 9.17) is 5.11 Å². The Morgan fingerprint density at radius 2 is 2.31 bits per heavy atom. The summed E-state index contributed by atoms with van der Waals surface area (Å²) in [5.74, 6) is -0.282. The van der Waals surface area contributed by atoms with Gasteiger partial charge in [-0.05, 0) is 0 Å². The van der Waals surface area contributed by atoms with Crippen LogP contribution < -0.4 is 5.32 Å². The van der Waals surface area contributed by atoms with E-state index in [2.05, 4.69) is 10.3 Å². The third-order valence-corrected chi connectivity index (χ3v) is 2.57. The standard InChI is InChI=1S/C9H13N3O3S/c1-12(2)8(13)7(11-9(14)15)3-6-4-16-5-10-6/h4-5,7,11H,3H2,1-2H3,(H,14,15)/t7-/m0/s1. The number of aromatic nitrogens is 1. The number of hydrogen-bond donors (Lipinski definition) is 2. The zero-order valence-electron chi connectivity index (χ0n) is 9.01. The lowest BCUT2D eigenvalue weighted by molar-refractivity contribution is -0.130. The van der Waals surface area contributed by atoms with Crippen LogP contribution in [0, 0.1) is 0 Å². The molecule has 0 unspecified atom stereocenters. The molecule has 0 saturated carbocycles. The van der Waals surface area contributed by atoms with Crippen molar-refractivity contribution in [1.29, 1.82) is 0 Å². The highest BCUT2D eigenvalue weighted by molar-refractivity contribution is 7.07. The third kappa shape index (κ3) is 3.50. The molecule has 88 valence electrons. The number of carbonyl (C=O) groups is 2. The molecule has 2 N–H and O–H groups in total. The van der Waals surface area contributed by atoms with Gasteiger partial charge in [0.05, 0.1) is 11.2 Å². The molecule has 1 rings (SSSR count). The van der Waals surface area contributed by atoms with Crippen molar-refractivity contribution in [3.05, 3.63) is 16.6 Å². The number of nitrogens with one attached hydrogen (secondary N) is 1. The molecule has 0 aliphatic heterocycles. The van der Waals surface area contributed by atoms with E-state index in [9.17, 15) is 9.59 Å². The second kappa shape index (κ2) is 5.45. The van der Waals surface area contributed by atoms with Crippen LogP contribution in [-0.2, 0) is 11.2 Å². The molecule has 2 amide bonds. The first-order chi connectivity index (χ1) is 7.50. The molecule has 0 saturated heterocycles. The summed E-state index contributed by atoms with van der Waals surface area (Å²) in [6.45, 7) is 0. The summed E-state index contributed by atoms with van der Waals surface area (Å²) in [7, 11) is 3.17. The summed E-state index contributed by atoms with van der Waals surface area (Å²) in [5.41, 5.74) is 2.35. The van der Waals surface area contributed by atoms with Gasteiger partial charge in [-0.2, -0.15) is 0 Å². The van der Waals surface area contributed by atoms with E-state index in [1.165, 1.54) is 16.2 Å². The van der Waals surface area contributed by atoms with Gasteiger partial charge in [0, 0.05) is 25.9 Å². The maximum absolute atomic E-state index is 11.7. The van der Waals surface area contributed by atoms with E-state index in [0.717, 1.165) is 0 Å². The fourth-order valence-corrected chi connectivity index (χ4v) is 1.78. The number of carboxylic acid groups (broad SMARTS) is 1. The minimum atomic E-state index is -1.21. The van der Waals surface area contributed by atoms with Crippen molar-refractivity contribution >= 4 is 23.3 Å². The smallest absolute Gasteiger partial charge is 0.405 e. The summed E-state index contributed by atoms with van der Waals surface area (Å²) in [6, 6.07) is -0.783. The van der Waals surface area contributed by atoms with Gasteiger partial charge in [-0.15, -0.1) is 11.3 Å². The highest BCUT2D eigenvalue weighted by Gasteiger charge is 2.23. The van der Waals surface area contributed by atoms with E-state index in [1.54, 1.807) is 25.0 Å². The van der Waals surface area contributed by atoms with Gasteiger partial charge in [-0.3, -0.25) is 4.79 Å². The van der Waals surface area contributed by atoms with Crippen molar-refractivity contribution < 1.29 is 14.7 Å². The Bertz CT molecular complexity index is 364. The lowest BCUT2D eigenvalue weighted by Crippen LogP contribution is -2.47. The summed E-state index contributed by atoms with van der Waals surface area (Å²) in [4.78, 5) is 27.6. The van der Waals surface area contributed by atoms with Gasteiger partial charge in [0.2, 0.25) is 5.91 Å². The number of thiazole rings is 1. The summed E-state index contributed by atoms with van der Waals surface area (Å²) >= 11 is 1.41. The average Bonchev–Trinajstić information content (AvgIpc) is 2.67. The molecular formula is C9H13N3O3S. The molecule has 0 aromatic carbocycles. The average molecular weight is 243 g/mol. The molecule has 0 fully saturated rings. The van der Waals surface area contributed by atoms with E-state index in [1.807, 2.05) is 0 Å². The summed E-state index contributed by atoms with van der Waals surface area (Å²) in [5, 5.41) is 12.6. The van der Waals surface area contributed by atoms with Crippen molar-refractivity contribution in [3.8, 4) is 0 Å². The van der Waals surface area contributed by atoms with Crippen LogP contribution in [0.1, 0.15) is 5.69 Å². The maximum Gasteiger partial charge on any atom is 0.405 e. The quantitative estimate of drug-likeness (QED) is 0.802. The number of rotatable bonds is 4. The Morgan fingerprint density at radius 1 is 1.62 bits per heavy atom. The van der Waals surface area contributed by atoms with Crippen molar-refractivity contribution in [2.45, 2.75) is 12.5 Å². The van der Waals surface area contributed by atoms with E-state index < -0.39 is 12.1 Å². The zero-order valence-corrected chi connectivity index (χ0v) is 9.82. The van der Waals surface area contributed by atoms with E-state index in [0.29, 0.717) is 5.69 Å². The molecule has 1 heterocycles. The summed E-state index contributed by atoms with van der Waals surface area (Å²) < 4.78 is 0. The minimum absolute atomic E-state index is 0.271. The highest BCUT2D eigenvalue weighted by Crippen LogP contribution is 2.06. The molecule has 7 heteroatoms. The minimum Gasteiger partial charge on any atom is -0.465 e. The first kappa shape index (κ1) is 12.4. The fourth-order valence-electron chi connectivity index (χ4n) is 1.21. The molecule has 0 aliphatic carbocycles. The van der Waals surface area contributed by atoms with Gasteiger partial charge < -0.3 is 15.3 Å². The number of carbonyl (C=O) groups excluding carboxylic acids is 1. The largest absolute Gasteiger partial charge is 0.465 e. The molecule has 16 heavy (non-hydrogen) atoms. The van der Waals surface area contributed by atoms with Gasteiger partial charge in [0.25, 0.3) is 0 Å². The monoisotopic (exact) mass is 243 g/mol. The Morgan fingerprint density at radius 3 is 2.75 bits per heavy atom. The zero-order chi connectivity index (χ0) is 12.1. The summed E-state index contributed by atoms with van der Waals surface area (Å²) in [6.07, 6.45) is -0.942. The maximum atomic E-state index is 11.7. The van der Waals surface area contributed by atoms with Crippen LogP contribution in [0.4, 0.5) is 4.79 Å². The molecule has 0 aliphatic rings. The number of hydrogen-bond acceptors (Lipinski definition) is 4. The Labute approximate surface area is 96.9 Å². The van der Waals surface area contributed by atoms with Crippen LogP contribution in [-0.4, -0.2) is 47.1 Å². The van der Waals surface area contributed by atoms with Crippen LogP contribution in [0.25, 0.3) is 0 Å². The van der Waals surface area contributed by atoms with Crippen LogP contribution in [0.15, 0.2) is 10.9 Å². The second-order valence-electron chi connectivity index (χ2n) is 3.42. The Kier molecular flexibility index (Phi) is 4.24. The van der Waals surface area contributed by atoms with Gasteiger partial charge in [-0.25, -0.2) is 9.78 Å². The molecule has 1 aromatic rings. The first-order valence-electron chi connectivity index (χ1n) is 4.58. The lowest BCUT2D eigenvalue weighted by Gasteiger charge is -2.19. The first-order valence-corrected chi connectivity index (χ1v) is 5.52. The number of likely N-dealkylation sites (N-methyl/N-ethyl adjacent to an activating group) is 1. The van der Waals surface area contributed by atoms with Crippen molar-refractivity contribution in [1.82, 2.24) is 15.2 Å². The van der Waals surface area contributed by atoms with Gasteiger partial charge >= 0.3 is 6.09 Å². The number of amides is 2. The van der Waals surface area contributed by atoms with Crippen molar-refractivity contribution in [2.24, 2.45) is 0 Å². The molecule has 6 nitrogen and oxygen atoms in total. The fraction of sp³-hybridized carbons (Fsp3) is 0.444. The van der Waals surface area contributed by atoms with Crippen LogP contribution in [0.5, 0.6) is 0 Å². The Balaban J connectivity index is 2.71. The normalized spacial score (nSPS) is 11.9. The van der Waals surface area contributed by atoms with Gasteiger partial charge in [-0.1, -0.05) is 0 Å². The predicted molar refractivity (Wildman–Crippen MR) is 59.5 cm³/mol.